The van der Waals surface area contributed by atoms with Gasteiger partial charge in [0.1, 0.15) is 5.75 Å². The van der Waals surface area contributed by atoms with E-state index in [0.717, 1.165) is 11.7 Å². The van der Waals surface area contributed by atoms with E-state index in [0.29, 0.717) is 5.41 Å². The first-order valence-electron chi connectivity index (χ1n) is 6.66. The minimum atomic E-state index is 0.662. The van der Waals surface area contributed by atoms with E-state index in [1.807, 2.05) is 6.07 Å². The van der Waals surface area contributed by atoms with Crippen LogP contribution < -0.4 is 10.1 Å². The molecule has 1 saturated heterocycles. The zero-order chi connectivity index (χ0) is 11.7. The molecule has 17 heavy (non-hydrogen) atoms. The zero-order valence-corrected chi connectivity index (χ0v) is 10.5. The van der Waals surface area contributed by atoms with E-state index in [9.17, 15) is 0 Å². The van der Waals surface area contributed by atoms with Crippen molar-refractivity contribution in [2.75, 3.05) is 20.2 Å². The summed E-state index contributed by atoms with van der Waals surface area (Å²) in [6.07, 6.45) is 5.47. The third kappa shape index (κ3) is 2.06. The van der Waals surface area contributed by atoms with Crippen LogP contribution in [0.2, 0.25) is 0 Å². The van der Waals surface area contributed by atoms with Gasteiger partial charge in [-0.05, 0) is 54.7 Å². The lowest BCUT2D eigenvalue weighted by atomic mass is 9.66. The number of hydrogen-bond acceptors (Lipinski definition) is 2. The molecule has 2 aliphatic rings. The summed E-state index contributed by atoms with van der Waals surface area (Å²) in [5.41, 5.74) is 2.13. The molecule has 1 aromatic rings. The standard InChI is InChI=1S/C15H21NO/c1-17-14-4-2-3-13(9-14)12-5-7-15(8-6-12)10-16-11-15/h2-4,9,12,16H,5-8,10-11H2,1H3. The Labute approximate surface area is 103 Å². The average molecular weight is 231 g/mol. The summed E-state index contributed by atoms with van der Waals surface area (Å²) >= 11 is 0. The van der Waals surface area contributed by atoms with E-state index in [1.165, 1.54) is 44.3 Å². The maximum absolute atomic E-state index is 5.31. The van der Waals surface area contributed by atoms with Crippen LogP contribution in [0.25, 0.3) is 0 Å². The molecule has 2 heteroatoms. The monoisotopic (exact) mass is 231 g/mol. The van der Waals surface area contributed by atoms with Gasteiger partial charge in [0.15, 0.2) is 0 Å². The predicted octanol–water partition coefficient (Wildman–Crippen LogP) is 2.94. The maximum atomic E-state index is 5.31. The maximum Gasteiger partial charge on any atom is 0.119 e. The Kier molecular flexibility index (Phi) is 2.83. The van der Waals surface area contributed by atoms with Gasteiger partial charge in [-0.1, -0.05) is 12.1 Å². The van der Waals surface area contributed by atoms with E-state index < -0.39 is 0 Å². The van der Waals surface area contributed by atoms with Gasteiger partial charge in [0, 0.05) is 13.1 Å². The first-order chi connectivity index (χ1) is 8.31. The molecule has 0 unspecified atom stereocenters. The van der Waals surface area contributed by atoms with Crippen molar-refractivity contribution in [2.24, 2.45) is 5.41 Å². The normalized spacial score (nSPS) is 23.4. The number of nitrogens with one attached hydrogen (secondary N) is 1. The molecule has 1 aliphatic carbocycles. The highest BCUT2D eigenvalue weighted by molar-refractivity contribution is 5.31. The fourth-order valence-corrected chi connectivity index (χ4v) is 3.29. The highest BCUT2D eigenvalue weighted by Gasteiger charge is 2.40. The number of benzene rings is 1. The molecule has 1 aromatic carbocycles. The van der Waals surface area contributed by atoms with Gasteiger partial charge < -0.3 is 10.1 Å². The van der Waals surface area contributed by atoms with Crippen molar-refractivity contribution >= 4 is 0 Å². The Morgan fingerprint density at radius 3 is 2.59 bits per heavy atom. The van der Waals surface area contributed by atoms with Gasteiger partial charge in [0.25, 0.3) is 0 Å². The molecular formula is C15H21NO. The summed E-state index contributed by atoms with van der Waals surface area (Å²) in [6, 6.07) is 8.61. The molecule has 92 valence electrons. The molecule has 1 aliphatic heterocycles. The molecule has 0 atom stereocenters. The second kappa shape index (κ2) is 4.34. The summed E-state index contributed by atoms with van der Waals surface area (Å²) in [5.74, 6) is 1.74. The van der Waals surface area contributed by atoms with Gasteiger partial charge in [0.2, 0.25) is 0 Å². The molecule has 1 saturated carbocycles. The van der Waals surface area contributed by atoms with Crippen LogP contribution in [0.4, 0.5) is 0 Å². The highest BCUT2D eigenvalue weighted by atomic mass is 16.5. The minimum absolute atomic E-state index is 0.662. The molecule has 0 radical (unpaired) electrons. The molecule has 1 spiro atoms. The van der Waals surface area contributed by atoms with Gasteiger partial charge in [0.05, 0.1) is 7.11 Å². The summed E-state index contributed by atoms with van der Waals surface area (Å²) in [5, 5.41) is 3.42. The summed E-state index contributed by atoms with van der Waals surface area (Å²) in [6.45, 7) is 2.50. The van der Waals surface area contributed by atoms with Crippen LogP contribution in [0.1, 0.15) is 37.2 Å². The lowest BCUT2D eigenvalue weighted by Gasteiger charge is -2.47. The fraction of sp³-hybridized carbons (Fsp3) is 0.600. The first kappa shape index (κ1) is 11.1. The minimum Gasteiger partial charge on any atom is -0.497 e. The van der Waals surface area contributed by atoms with Crippen LogP contribution in [0.3, 0.4) is 0 Å². The van der Waals surface area contributed by atoms with Gasteiger partial charge in [-0.3, -0.25) is 0 Å². The second-order valence-electron chi connectivity index (χ2n) is 5.65. The van der Waals surface area contributed by atoms with E-state index in [2.05, 4.69) is 23.5 Å². The van der Waals surface area contributed by atoms with Crippen molar-refractivity contribution in [3.8, 4) is 5.75 Å². The molecule has 1 N–H and O–H groups in total. The second-order valence-corrected chi connectivity index (χ2v) is 5.65. The van der Waals surface area contributed by atoms with Crippen molar-refractivity contribution in [2.45, 2.75) is 31.6 Å². The van der Waals surface area contributed by atoms with Crippen molar-refractivity contribution in [1.82, 2.24) is 5.32 Å². The van der Waals surface area contributed by atoms with E-state index >= 15 is 0 Å². The van der Waals surface area contributed by atoms with Crippen LogP contribution >= 0.6 is 0 Å². The number of methoxy groups -OCH3 is 1. The quantitative estimate of drug-likeness (QED) is 0.845. The molecular weight excluding hydrogens is 210 g/mol. The molecule has 3 rings (SSSR count). The van der Waals surface area contributed by atoms with E-state index in [4.69, 9.17) is 4.74 Å². The molecule has 0 amide bonds. The molecule has 0 bridgehead atoms. The Hall–Kier alpha value is -1.02. The third-order valence-corrected chi connectivity index (χ3v) is 4.61. The topological polar surface area (TPSA) is 21.3 Å². The largest absolute Gasteiger partial charge is 0.497 e. The number of hydrogen-bond donors (Lipinski definition) is 1. The third-order valence-electron chi connectivity index (χ3n) is 4.61. The Morgan fingerprint density at radius 2 is 2.00 bits per heavy atom. The smallest absolute Gasteiger partial charge is 0.119 e. The van der Waals surface area contributed by atoms with Crippen LogP contribution in [0.5, 0.6) is 5.75 Å². The molecule has 2 nitrogen and oxygen atoms in total. The first-order valence-corrected chi connectivity index (χ1v) is 6.66. The van der Waals surface area contributed by atoms with Crippen molar-refractivity contribution in [1.29, 1.82) is 0 Å². The fourth-order valence-electron chi connectivity index (χ4n) is 3.29. The Morgan fingerprint density at radius 1 is 1.24 bits per heavy atom. The highest BCUT2D eigenvalue weighted by Crippen LogP contribution is 2.45. The molecule has 2 fully saturated rings. The van der Waals surface area contributed by atoms with Crippen LogP contribution in [-0.4, -0.2) is 20.2 Å². The predicted molar refractivity (Wildman–Crippen MR) is 69.5 cm³/mol. The summed E-state index contributed by atoms with van der Waals surface area (Å²) in [4.78, 5) is 0. The zero-order valence-electron chi connectivity index (χ0n) is 10.5. The number of ether oxygens (including phenoxy) is 1. The van der Waals surface area contributed by atoms with E-state index in [-0.39, 0.29) is 0 Å². The van der Waals surface area contributed by atoms with Gasteiger partial charge >= 0.3 is 0 Å². The SMILES string of the molecule is COc1cccc(C2CCC3(CC2)CNC3)c1. The van der Waals surface area contributed by atoms with Crippen LogP contribution in [-0.2, 0) is 0 Å². The van der Waals surface area contributed by atoms with Crippen molar-refractivity contribution in [3.05, 3.63) is 29.8 Å². The summed E-state index contributed by atoms with van der Waals surface area (Å²) in [7, 11) is 1.75. The lowest BCUT2D eigenvalue weighted by Crippen LogP contribution is -2.54. The van der Waals surface area contributed by atoms with Gasteiger partial charge in [-0.2, -0.15) is 0 Å². The molecule has 0 aromatic heterocycles. The van der Waals surface area contributed by atoms with Crippen molar-refractivity contribution < 1.29 is 4.74 Å². The molecule has 1 heterocycles. The van der Waals surface area contributed by atoms with Gasteiger partial charge in [-0.25, -0.2) is 0 Å². The lowest BCUT2D eigenvalue weighted by molar-refractivity contribution is 0.0975. The summed E-state index contributed by atoms with van der Waals surface area (Å²) < 4.78 is 5.31. The van der Waals surface area contributed by atoms with E-state index in [1.54, 1.807) is 7.11 Å². The average Bonchev–Trinajstić information content (AvgIpc) is 2.37. The number of rotatable bonds is 2. The van der Waals surface area contributed by atoms with Crippen molar-refractivity contribution in [3.63, 3.8) is 0 Å². The Balaban J connectivity index is 1.69. The van der Waals surface area contributed by atoms with Gasteiger partial charge in [-0.15, -0.1) is 0 Å². The van der Waals surface area contributed by atoms with Crippen LogP contribution in [0.15, 0.2) is 24.3 Å². The Bertz CT molecular complexity index is 388. The van der Waals surface area contributed by atoms with Crippen LogP contribution in [0, 0.1) is 5.41 Å².